The van der Waals surface area contributed by atoms with Crippen LogP contribution in [-0.4, -0.2) is 9.13 Å². The molecule has 0 radical (unpaired) electrons. The Labute approximate surface area is 247 Å². The van der Waals surface area contributed by atoms with Gasteiger partial charge in [-0.05, 0) is 78.9 Å². The molecule has 0 fully saturated rings. The van der Waals surface area contributed by atoms with Crippen LogP contribution in [0.4, 0.5) is 17.1 Å². The summed E-state index contributed by atoms with van der Waals surface area (Å²) in [6, 6.07) is 52.6. The molecule has 198 valence electrons. The highest BCUT2D eigenvalue weighted by atomic mass is 32.2. The van der Waals surface area contributed by atoms with Gasteiger partial charge in [-0.2, -0.15) is 0 Å². The molecule has 0 saturated heterocycles. The predicted molar refractivity (Wildman–Crippen MR) is 176 cm³/mol. The fourth-order valence-corrected chi connectivity index (χ4v) is 7.50. The molecular weight excluding hydrogens is 531 g/mol. The molecule has 0 N–H and O–H groups in total. The Bertz CT molecular complexity index is 2250. The van der Waals surface area contributed by atoms with Gasteiger partial charge in [0, 0.05) is 49.2 Å². The van der Waals surface area contributed by atoms with E-state index in [9.17, 15) is 0 Å². The molecule has 3 nitrogen and oxygen atoms in total. The Morgan fingerprint density at radius 3 is 1.90 bits per heavy atom. The van der Waals surface area contributed by atoms with Crippen molar-refractivity contribution in [1.82, 2.24) is 9.13 Å². The molecule has 8 aromatic rings. The molecule has 0 atom stereocenters. The van der Waals surface area contributed by atoms with Gasteiger partial charge in [0.05, 0.1) is 27.9 Å². The summed E-state index contributed by atoms with van der Waals surface area (Å²) in [6.45, 7) is 0. The van der Waals surface area contributed by atoms with Crippen molar-refractivity contribution < 1.29 is 0 Å². The minimum absolute atomic E-state index is 1.15. The number of aromatic nitrogens is 2. The highest BCUT2D eigenvalue weighted by Gasteiger charge is 2.25. The van der Waals surface area contributed by atoms with E-state index in [-0.39, 0.29) is 0 Å². The summed E-state index contributed by atoms with van der Waals surface area (Å²) < 4.78 is 4.70. The van der Waals surface area contributed by atoms with E-state index in [1.807, 2.05) is 11.8 Å². The molecule has 2 aromatic heterocycles. The van der Waals surface area contributed by atoms with Crippen molar-refractivity contribution in [3.63, 3.8) is 0 Å². The largest absolute Gasteiger partial charge is 0.317 e. The molecular formula is C38H25N3S. The van der Waals surface area contributed by atoms with Crippen molar-refractivity contribution in [2.75, 3.05) is 4.90 Å². The van der Waals surface area contributed by atoms with E-state index < -0.39 is 0 Å². The molecule has 0 bridgehead atoms. The Kier molecular flexibility index (Phi) is 5.13. The van der Waals surface area contributed by atoms with Crippen molar-refractivity contribution >= 4 is 61.5 Å². The van der Waals surface area contributed by atoms with Gasteiger partial charge in [-0.1, -0.05) is 78.5 Å². The summed E-state index contributed by atoms with van der Waals surface area (Å²) in [7, 11) is 0. The Morgan fingerprint density at radius 1 is 0.429 bits per heavy atom. The number of fused-ring (bicyclic) bond motifs is 6. The van der Waals surface area contributed by atoms with Crippen molar-refractivity contribution in [3.05, 3.63) is 152 Å². The van der Waals surface area contributed by atoms with E-state index in [1.165, 1.54) is 59.6 Å². The minimum atomic E-state index is 1.15. The number of hydrogen-bond donors (Lipinski definition) is 0. The summed E-state index contributed by atoms with van der Waals surface area (Å²) >= 11 is 1.84. The molecule has 42 heavy (non-hydrogen) atoms. The summed E-state index contributed by atoms with van der Waals surface area (Å²) in [5.74, 6) is 0. The van der Waals surface area contributed by atoms with Gasteiger partial charge in [-0.3, -0.25) is 0 Å². The van der Waals surface area contributed by atoms with Crippen LogP contribution < -0.4 is 4.90 Å². The van der Waals surface area contributed by atoms with Crippen LogP contribution in [0.2, 0.25) is 0 Å². The van der Waals surface area contributed by atoms with Crippen LogP contribution in [0.1, 0.15) is 0 Å². The van der Waals surface area contributed by atoms with Crippen LogP contribution in [0, 0.1) is 0 Å². The second-order valence-electron chi connectivity index (χ2n) is 10.7. The molecule has 0 spiro atoms. The van der Waals surface area contributed by atoms with E-state index >= 15 is 0 Å². The summed E-state index contributed by atoms with van der Waals surface area (Å²) in [5, 5.41) is 3.73. The Morgan fingerprint density at radius 2 is 1.10 bits per heavy atom. The third-order valence-corrected chi connectivity index (χ3v) is 9.43. The Hall–Kier alpha value is -5.19. The number of benzene rings is 6. The van der Waals surface area contributed by atoms with Crippen molar-refractivity contribution in [2.45, 2.75) is 9.79 Å². The van der Waals surface area contributed by atoms with Gasteiger partial charge < -0.3 is 14.0 Å². The van der Waals surface area contributed by atoms with E-state index in [2.05, 4.69) is 166 Å². The molecule has 0 aliphatic carbocycles. The van der Waals surface area contributed by atoms with Crippen LogP contribution >= 0.6 is 11.8 Å². The molecule has 0 amide bonds. The van der Waals surface area contributed by atoms with E-state index in [0.717, 1.165) is 11.4 Å². The SMILES string of the molecule is c1ccc(-n2ccc3cc4c(cc32)c2ccccc2n4-c2cccc(N3c4ccccc4Sc4ccccc43)c2)cc1. The summed E-state index contributed by atoms with van der Waals surface area (Å²) in [6.07, 6.45) is 2.18. The monoisotopic (exact) mass is 555 g/mol. The zero-order chi connectivity index (χ0) is 27.6. The maximum atomic E-state index is 2.42. The molecule has 6 aromatic carbocycles. The number of nitrogens with zero attached hydrogens (tertiary/aromatic N) is 3. The molecule has 3 heterocycles. The second kappa shape index (κ2) is 9.16. The quantitative estimate of drug-likeness (QED) is 0.215. The third-order valence-electron chi connectivity index (χ3n) is 8.30. The fraction of sp³-hybridized carbons (Fsp3) is 0. The average Bonchev–Trinajstić information content (AvgIpc) is 3.61. The van der Waals surface area contributed by atoms with Crippen LogP contribution in [-0.2, 0) is 0 Å². The van der Waals surface area contributed by atoms with E-state index in [1.54, 1.807) is 0 Å². The summed E-state index contributed by atoms with van der Waals surface area (Å²) in [5.41, 5.74) is 9.52. The zero-order valence-corrected chi connectivity index (χ0v) is 23.5. The first-order chi connectivity index (χ1) is 20.8. The predicted octanol–water partition coefficient (Wildman–Crippen LogP) is 10.7. The normalized spacial score (nSPS) is 12.6. The lowest BCUT2D eigenvalue weighted by Crippen LogP contribution is -2.15. The van der Waals surface area contributed by atoms with Crippen molar-refractivity contribution in [1.29, 1.82) is 0 Å². The van der Waals surface area contributed by atoms with Gasteiger partial charge in [0.1, 0.15) is 0 Å². The number of rotatable bonds is 3. The fourth-order valence-electron chi connectivity index (χ4n) is 6.44. The molecule has 0 unspecified atom stereocenters. The van der Waals surface area contributed by atoms with Gasteiger partial charge in [-0.15, -0.1) is 0 Å². The van der Waals surface area contributed by atoms with Gasteiger partial charge >= 0.3 is 0 Å². The lowest BCUT2D eigenvalue weighted by atomic mass is 10.1. The van der Waals surface area contributed by atoms with Gasteiger partial charge in [0.2, 0.25) is 0 Å². The molecule has 1 aliphatic rings. The lowest BCUT2D eigenvalue weighted by molar-refractivity contribution is 1.13. The van der Waals surface area contributed by atoms with Crippen LogP contribution in [0.15, 0.2) is 162 Å². The summed E-state index contributed by atoms with van der Waals surface area (Å²) in [4.78, 5) is 4.93. The standard InChI is InChI=1S/C38H25N3S/c1-2-11-27(12-3-1)39-22-21-26-23-36-31(25-35(26)39)30-15-4-5-16-32(30)40(36)28-13-10-14-29(24-28)41-33-17-6-8-19-37(33)42-38-20-9-7-18-34(38)41/h1-25H. The van der Waals surface area contributed by atoms with Crippen LogP contribution in [0.5, 0.6) is 0 Å². The van der Waals surface area contributed by atoms with E-state index in [0.29, 0.717) is 0 Å². The highest BCUT2D eigenvalue weighted by Crippen LogP contribution is 2.51. The first kappa shape index (κ1) is 23.5. The lowest BCUT2D eigenvalue weighted by Gasteiger charge is -2.33. The van der Waals surface area contributed by atoms with Gasteiger partial charge in [-0.25, -0.2) is 0 Å². The Balaban J connectivity index is 1.27. The molecule has 0 saturated carbocycles. The van der Waals surface area contributed by atoms with Crippen molar-refractivity contribution in [2.24, 2.45) is 0 Å². The van der Waals surface area contributed by atoms with Crippen LogP contribution in [0.25, 0.3) is 44.1 Å². The highest BCUT2D eigenvalue weighted by molar-refractivity contribution is 7.99. The van der Waals surface area contributed by atoms with Gasteiger partial charge in [0.25, 0.3) is 0 Å². The number of para-hydroxylation sites is 4. The van der Waals surface area contributed by atoms with Crippen LogP contribution in [0.3, 0.4) is 0 Å². The van der Waals surface area contributed by atoms with E-state index in [4.69, 9.17) is 0 Å². The smallest absolute Gasteiger partial charge is 0.0601 e. The molecule has 1 aliphatic heterocycles. The first-order valence-electron chi connectivity index (χ1n) is 14.2. The minimum Gasteiger partial charge on any atom is -0.317 e. The maximum Gasteiger partial charge on any atom is 0.0601 e. The molecule has 4 heteroatoms. The first-order valence-corrected chi connectivity index (χ1v) is 15.0. The topological polar surface area (TPSA) is 13.1 Å². The number of anilines is 3. The van der Waals surface area contributed by atoms with Crippen molar-refractivity contribution in [3.8, 4) is 11.4 Å². The van der Waals surface area contributed by atoms with Gasteiger partial charge in [0.15, 0.2) is 0 Å². The number of hydrogen-bond acceptors (Lipinski definition) is 2. The molecule has 9 rings (SSSR count). The zero-order valence-electron chi connectivity index (χ0n) is 22.7. The average molecular weight is 556 g/mol. The maximum absolute atomic E-state index is 2.42. The third kappa shape index (κ3) is 3.49. The second-order valence-corrected chi connectivity index (χ2v) is 11.8.